The van der Waals surface area contributed by atoms with E-state index in [1.807, 2.05) is 6.07 Å². The standard InChI is InChI=1S/C17H24BrNO2/c1-3-5-11-19(12-6-4-2)15-9-7-14(16(18)13-15)8-10-17(20)21/h7-10,13H,3-6,11-12H2,1-2H3,(H,20,21)/b10-8+. The molecule has 0 aliphatic rings. The van der Waals surface area contributed by atoms with Gasteiger partial charge in [0, 0.05) is 29.3 Å². The third kappa shape index (κ3) is 6.34. The summed E-state index contributed by atoms with van der Waals surface area (Å²) < 4.78 is 0.926. The van der Waals surface area contributed by atoms with Gasteiger partial charge in [0.05, 0.1) is 0 Å². The molecule has 1 rings (SSSR count). The van der Waals surface area contributed by atoms with Gasteiger partial charge in [0.25, 0.3) is 0 Å². The number of carboxylic acid groups (broad SMARTS) is 1. The highest BCUT2D eigenvalue weighted by atomic mass is 79.9. The van der Waals surface area contributed by atoms with Crippen LogP contribution >= 0.6 is 15.9 Å². The van der Waals surface area contributed by atoms with Gasteiger partial charge in [-0.2, -0.15) is 0 Å². The van der Waals surface area contributed by atoms with E-state index in [2.05, 4.69) is 46.8 Å². The van der Waals surface area contributed by atoms with E-state index in [1.54, 1.807) is 6.08 Å². The smallest absolute Gasteiger partial charge is 0.328 e. The molecule has 0 spiro atoms. The number of carbonyl (C=O) groups is 1. The maximum absolute atomic E-state index is 10.6. The first kappa shape index (κ1) is 17.8. The van der Waals surface area contributed by atoms with Crippen molar-refractivity contribution in [1.82, 2.24) is 0 Å². The zero-order chi connectivity index (χ0) is 15.7. The van der Waals surface area contributed by atoms with Crippen LogP contribution in [-0.4, -0.2) is 24.2 Å². The average molecular weight is 354 g/mol. The van der Waals surface area contributed by atoms with E-state index in [-0.39, 0.29) is 0 Å². The molecule has 0 saturated carbocycles. The summed E-state index contributed by atoms with van der Waals surface area (Å²) in [7, 11) is 0. The van der Waals surface area contributed by atoms with Gasteiger partial charge >= 0.3 is 5.97 Å². The molecule has 3 nitrogen and oxygen atoms in total. The Kier molecular flexibility index (Phi) is 8.13. The number of hydrogen-bond donors (Lipinski definition) is 1. The number of hydrogen-bond acceptors (Lipinski definition) is 2. The summed E-state index contributed by atoms with van der Waals surface area (Å²) >= 11 is 3.53. The van der Waals surface area contributed by atoms with Crippen LogP contribution in [0.25, 0.3) is 6.08 Å². The number of rotatable bonds is 9. The van der Waals surface area contributed by atoms with Crippen molar-refractivity contribution in [3.63, 3.8) is 0 Å². The average Bonchev–Trinajstić information content (AvgIpc) is 2.46. The van der Waals surface area contributed by atoms with Crippen LogP contribution in [0.5, 0.6) is 0 Å². The van der Waals surface area contributed by atoms with Gasteiger partial charge in [-0.25, -0.2) is 4.79 Å². The molecule has 1 aromatic carbocycles. The molecule has 0 aliphatic heterocycles. The molecule has 1 aromatic rings. The van der Waals surface area contributed by atoms with Gasteiger partial charge in [-0.3, -0.25) is 0 Å². The second kappa shape index (κ2) is 9.61. The van der Waals surface area contributed by atoms with E-state index >= 15 is 0 Å². The number of unbranched alkanes of at least 4 members (excludes halogenated alkanes) is 2. The lowest BCUT2D eigenvalue weighted by molar-refractivity contribution is -0.131. The summed E-state index contributed by atoms with van der Waals surface area (Å²) in [4.78, 5) is 13.0. The van der Waals surface area contributed by atoms with E-state index in [1.165, 1.54) is 31.4 Å². The summed E-state index contributed by atoms with van der Waals surface area (Å²) in [5.74, 6) is -0.932. The highest BCUT2D eigenvalue weighted by Crippen LogP contribution is 2.26. The van der Waals surface area contributed by atoms with Crippen molar-refractivity contribution in [3.8, 4) is 0 Å². The topological polar surface area (TPSA) is 40.5 Å². The van der Waals surface area contributed by atoms with E-state index in [0.717, 1.165) is 29.2 Å². The minimum atomic E-state index is -0.932. The molecule has 4 heteroatoms. The van der Waals surface area contributed by atoms with E-state index in [9.17, 15) is 4.79 Å². The van der Waals surface area contributed by atoms with Gasteiger partial charge in [0.1, 0.15) is 0 Å². The molecule has 0 unspecified atom stereocenters. The van der Waals surface area contributed by atoms with Crippen LogP contribution in [-0.2, 0) is 4.79 Å². The van der Waals surface area contributed by atoms with Crippen molar-refractivity contribution in [2.45, 2.75) is 39.5 Å². The number of carboxylic acids is 1. The molecule has 0 heterocycles. The molecule has 21 heavy (non-hydrogen) atoms. The second-order valence-corrected chi connectivity index (χ2v) is 5.93. The Hall–Kier alpha value is -1.29. The molecule has 0 saturated heterocycles. The van der Waals surface area contributed by atoms with Crippen LogP contribution in [0.1, 0.15) is 45.1 Å². The van der Waals surface area contributed by atoms with Gasteiger partial charge < -0.3 is 10.0 Å². The zero-order valence-corrected chi connectivity index (χ0v) is 14.4. The fourth-order valence-electron chi connectivity index (χ4n) is 2.08. The predicted octanol–water partition coefficient (Wildman–Crippen LogP) is 4.95. The maximum Gasteiger partial charge on any atom is 0.328 e. The number of aliphatic carboxylic acids is 1. The van der Waals surface area contributed by atoms with E-state index < -0.39 is 5.97 Å². The van der Waals surface area contributed by atoms with Crippen LogP contribution in [0, 0.1) is 0 Å². The summed E-state index contributed by atoms with van der Waals surface area (Å²) in [6, 6.07) is 6.11. The maximum atomic E-state index is 10.6. The molecule has 0 amide bonds. The molecular weight excluding hydrogens is 330 g/mol. The monoisotopic (exact) mass is 353 g/mol. The number of benzene rings is 1. The van der Waals surface area contributed by atoms with Crippen LogP contribution in [0.15, 0.2) is 28.7 Å². The lowest BCUT2D eigenvalue weighted by Gasteiger charge is -2.25. The minimum Gasteiger partial charge on any atom is -0.478 e. The molecule has 0 radical (unpaired) electrons. The Morgan fingerprint density at radius 1 is 1.24 bits per heavy atom. The van der Waals surface area contributed by atoms with Gasteiger partial charge in [0.2, 0.25) is 0 Å². The molecule has 0 bridgehead atoms. The van der Waals surface area contributed by atoms with E-state index in [4.69, 9.17) is 5.11 Å². The van der Waals surface area contributed by atoms with Crippen molar-refractivity contribution in [1.29, 1.82) is 0 Å². The Labute approximate surface area is 135 Å². The Morgan fingerprint density at radius 3 is 2.33 bits per heavy atom. The number of nitrogens with zero attached hydrogens (tertiary/aromatic N) is 1. The third-order valence-electron chi connectivity index (χ3n) is 3.32. The van der Waals surface area contributed by atoms with Crippen molar-refractivity contribution in [2.75, 3.05) is 18.0 Å². The third-order valence-corrected chi connectivity index (χ3v) is 4.00. The van der Waals surface area contributed by atoms with Crippen molar-refractivity contribution in [2.24, 2.45) is 0 Å². The van der Waals surface area contributed by atoms with Gasteiger partial charge in [0.15, 0.2) is 0 Å². The van der Waals surface area contributed by atoms with Crippen LogP contribution in [0.4, 0.5) is 5.69 Å². The summed E-state index contributed by atoms with van der Waals surface area (Å²) in [5, 5.41) is 8.69. The predicted molar refractivity (Wildman–Crippen MR) is 92.8 cm³/mol. The van der Waals surface area contributed by atoms with Crippen LogP contribution in [0.2, 0.25) is 0 Å². The molecule has 0 fully saturated rings. The normalized spacial score (nSPS) is 11.0. The largest absolute Gasteiger partial charge is 0.478 e. The van der Waals surface area contributed by atoms with Gasteiger partial charge in [-0.15, -0.1) is 0 Å². The summed E-state index contributed by atoms with van der Waals surface area (Å²) in [6.07, 6.45) is 7.50. The Morgan fingerprint density at radius 2 is 1.86 bits per heavy atom. The number of halogens is 1. The first-order valence-corrected chi connectivity index (χ1v) is 8.33. The van der Waals surface area contributed by atoms with Crippen molar-refractivity contribution in [3.05, 3.63) is 34.3 Å². The van der Waals surface area contributed by atoms with Crippen LogP contribution in [0.3, 0.4) is 0 Å². The van der Waals surface area contributed by atoms with Crippen molar-refractivity contribution >= 4 is 33.7 Å². The lowest BCUT2D eigenvalue weighted by Crippen LogP contribution is -2.25. The fraction of sp³-hybridized carbons (Fsp3) is 0.471. The number of anilines is 1. The molecule has 0 atom stereocenters. The lowest BCUT2D eigenvalue weighted by atomic mass is 10.1. The Bertz CT molecular complexity index is 478. The van der Waals surface area contributed by atoms with Crippen molar-refractivity contribution < 1.29 is 9.90 Å². The molecule has 1 N–H and O–H groups in total. The summed E-state index contributed by atoms with van der Waals surface area (Å²) in [5.41, 5.74) is 2.07. The molecular formula is C17H24BrNO2. The quantitative estimate of drug-likeness (QED) is 0.638. The van der Waals surface area contributed by atoms with Gasteiger partial charge in [-0.1, -0.05) is 48.7 Å². The zero-order valence-electron chi connectivity index (χ0n) is 12.8. The molecule has 116 valence electrons. The fourth-order valence-corrected chi connectivity index (χ4v) is 2.58. The van der Waals surface area contributed by atoms with Gasteiger partial charge in [-0.05, 0) is 36.6 Å². The van der Waals surface area contributed by atoms with Crippen LogP contribution < -0.4 is 4.90 Å². The highest BCUT2D eigenvalue weighted by Gasteiger charge is 2.07. The summed E-state index contributed by atoms with van der Waals surface area (Å²) in [6.45, 7) is 6.53. The molecule has 0 aromatic heterocycles. The highest BCUT2D eigenvalue weighted by molar-refractivity contribution is 9.10. The Balaban J connectivity index is 2.88. The first-order valence-electron chi connectivity index (χ1n) is 7.54. The first-order chi connectivity index (χ1) is 10.1. The minimum absolute atomic E-state index is 0.882. The van der Waals surface area contributed by atoms with E-state index in [0.29, 0.717) is 0 Å². The SMILES string of the molecule is CCCCN(CCCC)c1ccc(/C=C/C(=O)O)c(Br)c1. The molecule has 0 aliphatic carbocycles. The second-order valence-electron chi connectivity index (χ2n) is 5.07.